The molecule has 1 saturated heterocycles. The number of benzene rings is 2. The van der Waals surface area contributed by atoms with E-state index in [0.717, 1.165) is 5.56 Å². The van der Waals surface area contributed by atoms with E-state index < -0.39 is 23.7 Å². The molecule has 1 aliphatic heterocycles. The maximum Gasteiger partial charge on any atom is 0.411 e. The van der Waals surface area contributed by atoms with Gasteiger partial charge >= 0.3 is 12.1 Å². The molecular weight excluding hydrogens is 408 g/mol. The molecule has 0 spiro atoms. The Morgan fingerprint density at radius 3 is 2.25 bits per heavy atom. The van der Waals surface area contributed by atoms with Crippen molar-refractivity contribution >= 4 is 18.0 Å². The number of rotatable bonds is 4. The highest BCUT2D eigenvalue weighted by molar-refractivity contribution is 5.90. The maximum atomic E-state index is 13.7. The normalized spacial score (nSPS) is 17.0. The first kappa shape index (κ1) is 23.3. The minimum Gasteiger partial charge on any atom is -0.465 e. The van der Waals surface area contributed by atoms with Crippen molar-refractivity contribution in [2.24, 2.45) is 0 Å². The number of esters is 1. The van der Waals surface area contributed by atoms with Crippen molar-refractivity contribution in [3.05, 3.63) is 71.3 Å². The third-order valence-corrected chi connectivity index (χ3v) is 5.18. The van der Waals surface area contributed by atoms with Gasteiger partial charge in [-0.1, -0.05) is 42.5 Å². The summed E-state index contributed by atoms with van der Waals surface area (Å²) in [4.78, 5) is 41.8. The molecule has 7 heteroatoms. The topological polar surface area (TPSA) is 76.2 Å². The molecule has 1 aliphatic rings. The summed E-state index contributed by atoms with van der Waals surface area (Å²) in [6.45, 7) is 6.77. The van der Waals surface area contributed by atoms with Gasteiger partial charge in [0.05, 0.1) is 12.7 Å². The van der Waals surface area contributed by atoms with Gasteiger partial charge in [-0.25, -0.2) is 9.59 Å². The lowest BCUT2D eigenvalue weighted by molar-refractivity contribution is -0.136. The quantitative estimate of drug-likeness (QED) is 0.669. The van der Waals surface area contributed by atoms with Crippen LogP contribution in [0.1, 0.15) is 54.7 Å². The molecule has 170 valence electrons. The zero-order valence-corrected chi connectivity index (χ0v) is 19.0. The van der Waals surface area contributed by atoms with Crippen molar-refractivity contribution in [3.63, 3.8) is 0 Å². The second-order valence-corrected chi connectivity index (χ2v) is 8.79. The van der Waals surface area contributed by atoms with E-state index in [2.05, 4.69) is 0 Å². The summed E-state index contributed by atoms with van der Waals surface area (Å²) in [6, 6.07) is 15.5. The smallest absolute Gasteiger partial charge is 0.411 e. The predicted molar refractivity (Wildman–Crippen MR) is 120 cm³/mol. The molecule has 0 bridgehead atoms. The summed E-state index contributed by atoms with van der Waals surface area (Å²) in [5.74, 6) is -0.638. The standard InChI is InChI=1S/C25H30N2O5/c1-25(2,3)32-24(30)27-16-8-15-26(17-18-9-6-5-7-10-18)22(28)21(27)19-11-13-20(14-12-19)23(29)31-4/h5-7,9-14,21H,8,15-17H2,1-4H3. The highest BCUT2D eigenvalue weighted by Crippen LogP contribution is 2.29. The highest BCUT2D eigenvalue weighted by Gasteiger charge is 2.38. The summed E-state index contributed by atoms with van der Waals surface area (Å²) in [7, 11) is 1.32. The van der Waals surface area contributed by atoms with E-state index in [9.17, 15) is 14.4 Å². The van der Waals surface area contributed by atoms with E-state index in [1.54, 1.807) is 49.9 Å². The van der Waals surface area contributed by atoms with E-state index >= 15 is 0 Å². The van der Waals surface area contributed by atoms with Crippen molar-refractivity contribution in [2.75, 3.05) is 20.2 Å². The number of carbonyl (C=O) groups excluding carboxylic acids is 3. The molecule has 0 aliphatic carbocycles. The first-order chi connectivity index (χ1) is 15.2. The number of nitrogens with zero attached hydrogens (tertiary/aromatic N) is 2. The van der Waals surface area contributed by atoms with Gasteiger partial charge in [0, 0.05) is 19.6 Å². The third kappa shape index (κ3) is 5.66. The Hall–Kier alpha value is -3.35. The van der Waals surface area contributed by atoms with Gasteiger partial charge in [-0.05, 0) is 50.5 Å². The van der Waals surface area contributed by atoms with Crippen LogP contribution in [0.4, 0.5) is 4.79 Å². The third-order valence-electron chi connectivity index (χ3n) is 5.18. The predicted octanol–water partition coefficient (Wildman–Crippen LogP) is 4.18. The lowest BCUT2D eigenvalue weighted by Crippen LogP contribution is -2.44. The van der Waals surface area contributed by atoms with E-state index in [1.807, 2.05) is 30.3 Å². The molecule has 3 rings (SSSR count). The molecule has 1 atom stereocenters. The average molecular weight is 439 g/mol. The van der Waals surface area contributed by atoms with Crippen LogP contribution in [-0.2, 0) is 20.8 Å². The van der Waals surface area contributed by atoms with Crippen LogP contribution < -0.4 is 0 Å². The SMILES string of the molecule is COC(=O)c1ccc(C2C(=O)N(Cc3ccccc3)CCCN2C(=O)OC(C)(C)C)cc1. The van der Waals surface area contributed by atoms with Crippen LogP contribution in [0.25, 0.3) is 0 Å². The lowest BCUT2D eigenvalue weighted by atomic mass is 10.0. The molecule has 32 heavy (non-hydrogen) atoms. The van der Waals surface area contributed by atoms with Gasteiger partial charge in [-0.3, -0.25) is 9.69 Å². The molecule has 1 heterocycles. The van der Waals surface area contributed by atoms with E-state index in [0.29, 0.717) is 37.2 Å². The molecule has 0 aromatic heterocycles. The van der Waals surface area contributed by atoms with Crippen LogP contribution in [0.2, 0.25) is 0 Å². The van der Waals surface area contributed by atoms with Crippen LogP contribution in [-0.4, -0.2) is 53.6 Å². The summed E-state index contributed by atoms with van der Waals surface area (Å²) in [5.41, 5.74) is 1.33. The first-order valence-corrected chi connectivity index (χ1v) is 10.7. The van der Waals surface area contributed by atoms with Gasteiger partial charge in [0.1, 0.15) is 11.6 Å². The Labute approximate surface area is 188 Å². The van der Waals surface area contributed by atoms with Crippen LogP contribution in [0, 0.1) is 0 Å². The Balaban J connectivity index is 1.95. The van der Waals surface area contributed by atoms with Crippen LogP contribution in [0.15, 0.2) is 54.6 Å². The van der Waals surface area contributed by atoms with Crippen molar-refractivity contribution in [1.82, 2.24) is 9.80 Å². The van der Waals surface area contributed by atoms with E-state index in [1.165, 1.54) is 12.0 Å². The summed E-state index contributed by atoms with van der Waals surface area (Å²) < 4.78 is 10.4. The summed E-state index contributed by atoms with van der Waals surface area (Å²) in [5, 5.41) is 0. The van der Waals surface area contributed by atoms with E-state index in [-0.39, 0.29) is 5.91 Å². The number of ether oxygens (including phenoxy) is 2. The molecule has 2 aromatic rings. The van der Waals surface area contributed by atoms with Crippen LogP contribution in [0.5, 0.6) is 0 Å². The van der Waals surface area contributed by atoms with Gasteiger partial charge in [0.25, 0.3) is 0 Å². The lowest BCUT2D eigenvalue weighted by Gasteiger charge is -2.33. The minimum absolute atomic E-state index is 0.178. The fraction of sp³-hybridized carbons (Fsp3) is 0.400. The zero-order chi connectivity index (χ0) is 23.3. The summed E-state index contributed by atoms with van der Waals surface area (Å²) in [6.07, 6.45) is 0.101. The molecule has 0 saturated carbocycles. The molecule has 1 unspecified atom stereocenters. The van der Waals surface area contributed by atoms with Crippen LogP contribution in [0.3, 0.4) is 0 Å². The number of amides is 2. The number of methoxy groups -OCH3 is 1. The first-order valence-electron chi connectivity index (χ1n) is 10.7. The Morgan fingerprint density at radius 1 is 1.00 bits per heavy atom. The fourth-order valence-corrected chi connectivity index (χ4v) is 3.70. The minimum atomic E-state index is -0.845. The largest absolute Gasteiger partial charge is 0.465 e. The van der Waals surface area contributed by atoms with Gasteiger partial charge < -0.3 is 14.4 Å². The zero-order valence-electron chi connectivity index (χ0n) is 19.0. The Morgan fingerprint density at radius 2 is 1.66 bits per heavy atom. The Bertz CT molecular complexity index is 951. The molecule has 1 fully saturated rings. The Kier molecular flexibility index (Phi) is 7.18. The van der Waals surface area contributed by atoms with Crippen molar-refractivity contribution in [3.8, 4) is 0 Å². The highest BCUT2D eigenvalue weighted by atomic mass is 16.6. The molecular formula is C25H30N2O5. The number of hydrogen-bond acceptors (Lipinski definition) is 5. The molecule has 2 amide bonds. The van der Waals surface area contributed by atoms with Gasteiger partial charge in [0.15, 0.2) is 0 Å². The second kappa shape index (κ2) is 9.85. The monoisotopic (exact) mass is 438 g/mol. The fourth-order valence-electron chi connectivity index (χ4n) is 3.70. The van der Waals surface area contributed by atoms with Crippen molar-refractivity contribution in [2.45, 2.75) is 45.4 Å². The maximum absolute atomic E-state index is 13.7. The van der Waals surface area contributed by atoms with Gasteiger partial charge in [-0.15, -0.1) is 0 Å². The van der Waals surface area contributed by atoms with E-state index in [4.69, 9.17) is 9.47 Å². The summed E-state index contributed by atoms with van der Waals surface area (Å²) >= 11 is 0. The molecule has 2 aromatic carbocycles. The van der Waals surface area contributed by atoms with Crippen molar-refractivity contribution in [1.29, 1.82) is 0 Å². The number of carbonyl (C=O) groups is 3. The molecule has 7 nitrogen and oxygen atoms in total. The average Bonchev–Trinajstić information content (AvgIpc) is 2.92. The molecule has 0 radical (unpaired) electrons. The van der Waals surface area contributed by atoms with Crippen molar-refractivity contribution < 1.29 is 23.9 Å². The van der Waals surface area contributed by atoms with Gasteiger partial charge in [-0.2, -0.15) is 0 Å². The second-order valence-electron chi connectivity index (χ2n) is 8.79. The van der Waals surface area contributed by atoms with Crippen LogP contribution >= 0.6 is 0 Å². The molecule has 0 N–H and O–H groups in total. The van der Waals surface area contributed by atoms with Gasteiger partial charge in [0.2, 0.25) is 5.91 Å². The number of hydrogen-bond donors (Lipinski definition) is 0.